The number of ketones is 1. The Labute approximate surface area is 123 Å². The Kier molecular flexibility index (Phi) is 2.85. The van der Waals surface area contributed by atoms with Crippen LogP contribution in [0.3, 0.4) is 0 Å². The van der Waals surface area contributed by atoms with E-state index in [9.17, 15) is 4.79 Å². The number of aromatic nitrogens is 2. The average Bonchev–Trinajstić information content (AvgIpc) is 3.31. The molecule has 3 nitrogen and oxygen atoms in total. The number of fused-ring (bicyclic) bond motifs is 1. The van der Waals surface area contributed by atoms with Gasteiger partial charge in [0, 0.05) is 23.9 Å². The lowest BCUT2D eigenvalue weighted by molar-refractivity contribution is -0.120. The fourth-order valence-corrected chi connectivity index (χ4v) is 2.69. The van der Waals surface area contributed by atoms with Crippen molar-refractivity contribution in [1.29, 1.82) is 0 Å². The van der Waals surface area contributed by atoms with Crippen molar-refractivity contribution in [2.75, 3.05) is 0 Å². The lowest BCUT2D eigenvalue weighted by atomic mass is 10.1. The summed E-state index contributed by atoms with van der Waals surface area (Å²) in [7, 11) is 0. The van der Waals surface area contributed by atoms with Crippen molar-refractivity contribution in [2.24, 2.45) is 5.92 Å². The second kappa shape index (κ2) is 4.85. The van der Waals surface area contributed by atoms with E-state index in [4.69, 9.17) is 0 Å². The van der Waals surface area contributed by atoms with Gasteiger partial charge >= 0.3 is 0 Å². The van der Waals surface area contributed by atoms with Gasteiger partial charge in [0.2, 0.25) is 0 Å². The maximum Gasteiger partial charge on any atom is 0.155 e. The Hall–Kier alpha value is -2.42. The molecule has 0 bridgehead atoms. The summed E-state index contributed by atoms with van der Waals surface area (Å²) in [6, 6.07) is 14.3. The molecule has 1 aromatic carbocycles. The van der Waals surface area contributed by atoms with E-state index in [1.54, 1.807) is 0 Å². The normalized spacial score (nSPS) is 14.5. The van der Waals surface area contributed by atoms with Crippen molar-refractivity contribution in [3.63, 3.8) is 0 Å². The van der Waals surface area contributed by atoms with Crippen molar-refractivity contribution in [1.82, 2.24) is 9.55 Å². The van der Waals surface area contributed by atoms with Crippen molar-refractivity contribution >= 4 is 16.8 Å². The van der Waals surface area contributed by atoms with E-state index in [1.165, 1.54) is 0 Å². The number of pyridine rings is 1. The van der Waals surface area contributed by atoms with Crippen LogP contribution in [0.1, 0.15) is 12.8 Å². The number of Topliss-reactive ketones (excluding diaryl/α,β-unsaturated/α-hetero) is 1. The zero-order chi connectivity index (χ0) is 14.2. The number of nitrogens with zero attached hydrogens (tertiary/aromatic N) is 2. The summed E-state index contributed by atoms with van der Waals surface area (Å²) < 4.78 is 2.02. The molecule has 1 aliphatic rings. The molecule has 0 saturated heterocycles. The summed E-state index contributed by atoms with van der Waals surface area (Å²) in [6.07, 6.45) is 5.98. The summed E-state index contributed by atoms with van der Waals surface area (Å²) in [6.45, 7) is 0.466. The predicted molar refractivity (Wildman–Crippen MR) is 82.9 cm³/mol. The molecule has 4 rings (SSSR count). The molecule has 1 fully saturated rings. The Morgan fingerprint density at radius 2 is 1.95 bits per heavy atom. The lowest BCUT2D eigenvalue weighted by Gasteiger charge is -2.06. The van der Waals surface area contributed by atoms with Gasteiger partial charge < -0.3 is 4.57 Å². The van der Waals surface area contributed by atoms with E-state index in [0.29, 0.717) is 18.2 Å². The quantitative estimate of drug-likeness (QED) is 0.728. The van der Waals surface area contributed by atoms with Gasteiger partial charge in [0.05, 0.1) is 17.6 Å². The largest absolute Gasteiger partial charge is 0.339 e. The van der Waals surface area contributed by atoms with Crippen LogP contribution in [0.25, 0.3) is 22.2 Å². The van der Waals surface area contributed by atoms with Crippen molar-refractivity contribution in [2.45, 2.75) is 19.4 Å². The van der Waals surface area contributed by atoms with E-state index >= 15 is 0 Å². The van der Waals surface area contributed by atoms with Gasteiger partial charge in [0.15, 0.2) is 5.78 Å². The molecule has 1 aliphatic carbocycles. The number of hydrogen-bond acceptors (Lipinski definition) is 2. The maximum absolute atomic E-state index is 12.0. The highest BCUT2D eigenvalue weighted by atomic mass is 16.1. The zero-order valence-electron chi connectivity index (χ0n) is 11.7. The van der Waals surface area contributed by atoms with Crippen LogP contribution >= 0.6 is 0 Å². The minimum Gasteiger partial charge on any atom is -0.339 e. The lowest BCUT2D eigenvalue weighted by Crippen LogP contribution is -2.10. The highest BCUT2D eigenvalue weighted by Gasteiger charge is 2.29. The molecule has 0 radical (unpaired) electrons. The van der Waals surface area contributed by atoms with E-state index in [2.05, 4.69) is 23.2 Å². The van der Waals surface area contributed by atoms with Gasteiger partial charge in [0.1, 0.15) is 0 Å². The monoisotopic (exact) mass is 276 g/mol. The molecular weight excluding hydrogens is 260 g/mol. The van der Waals surface area contributed by atoms with Crippen LogP contribution in [0.4, 0.5) is 0 Å². The first-order valence-corrected chi connectivity index (χ1v) is 7.34. The number of rotatable bonds is 4. The van der Waals surface area contributed by atoms with Crippen LogP contribution in [-0.4, -0.2) is 15.3 Å². The Bertz CT molecular complexity index is 800. The number of carbonyl (C=O) groups is 1. The minimum atomic E-state index is 0.299. The summed E-state index contributed by atoms with van der Waals surface area (Å²) in [4.78, 5) is 16.5. The Balaban J connectivity index is 1.73. The van der Waals surface area contributed by atoms with Gasteiger partial charge in [-0.2, -0.15) is 0 Å². The maximum atomic E-state index is 12.0. The van der Waals surface area contributed by atoms with Crippen LogP contribution in [0, 0.1) is 5.92 Å². The molecule has 0 amide bonds. The SMILES string of the molecule is O=C(Cn1ccc2ncc(-c3ccccc3)cc21)C1CC1. The van der Waals surface area contributed by atoms with Crippen LogP contribution in [-0.2, 0) is 11.3 Å². The van der Waals surface area contributed by atoms with Crippen molar-refractivity contribution in [3.05, 3.63) is 54.9 Å². The smallest absolute Gasteiger partial charge is 0.155 e. The molecular formula is C18H16N2O. The van der Waals surface area contributed by atoms with Gasteiger partial charge in [-0.05, 0) is 30.5 Å². The van der Waals surface area contributed by atoms with Gasteiger partial charge in [-0.15, -0.1) is 0 Å². The molecule has 2 aromatic heterocycles. The first kappa shape index (κ1) is 12.3. The Morgan fingerprint density at radius 1 is 1.14 bits per heavy atom. The van der Waals surface area contributed by atoms with Crippen molar-refractivity contribution in [3.8, 4) is 11.1 Å². The molecule has 3 heteroatoms. The van der Waals surface area contributed by atoms with Gasteiger partial charge in [0.25, 0.3) is 0 Å². The van der Waals surface area contributed by atoms with Gasteiger partial charge in [-0.3, -0.25) is 9.78 Å². The van der Waals surface area contributed by atoms with Gasteiger partial charge in [-0.1, -0.05) is 30.3 Å². The Morgan fingerprint density at radius 3 is 2.71 bits per heavy atom. The molecule has 0 N–H and O–H groups in total. The van der Waals surface area contributed by atoms with E-state index in [-0.39, 0.29) is 0 Å². The van der Waals surface area contributed by atoms with Crippen LogP contribution in [0.15, 0.2) is 54.9 Å². The highest BCUT2D eigenvalue weighted by Crippen LogP contribution is 2.31. The minimum absolute atomic E-state index is 0.299. The highest BCUT2D eigenvalue weighted by molar-refractivity contribution is 5.86. The molecule has 0 unspecified atom stereocenters. The van der Waals surface area contributed by atoms with Gasteiger partial charge in [-0.25, -0.2) is 0 Å². The molecule has 0 spiro atoms. The third kappa shape index (κ3) is 2.35. The molecule has 21 heavy (non-hydrogen) atoms. The fraction of sp³-hybridized carbons (Fsp3) is 0.222. The average molecular weight is 276 g/mol. The van der Waals surface area contributed by atoms with E-state index in [1.807, 2.05) is 41.2 Å². The molecule has 0 atom stereocenters. The van der Waals surface area contributed by atoms with Crippen LogP contribution < -0.4 is 0 Å². The summed E-state index contributed by atoms with van der Waals surface area (Å²) in [5.74, 6) is 0.644. The number of benzene rings is 1. The second-order valence-corrected chi connectivity index (χ2v) is 5.68. The topological polar surface area (TPSA) is 34.9 Å². The molecule has 3 aromatic rings. The summed E-state index contributed by atoms with van der Waals surface area (Å²) in [5.41, 5.74) is 4.21. The molecule has 0 aliphatic heterocycles. The predicted octanol–water partition coefficient (Wildman–Crippen LogP) is 3.68. The zero-order valence-corrected chi connectivity index (χ0v) is 11.7. The second-order valence-electron chi connectivity index (χ2n) is 5.68. The van der Waals surface area contributed by atoms with Crippen LogP contribution in [0.5, 0.6) is 0 Å². The number of hydrogen-bond donors (Lipinski definition) is 0. The first-order valence-electron chi connectivity index (χ1n) is 7.34. The standard InChI is InChI=1S/C18H16N2O/c21-18(14-6-7-14)12-20-9-8-16-17(20)10-15(11-19-16)13-4-2-1-3-5-13/h1-5,8-11,14H,6-7,12H2. The molecule has 1 saturated carbocycles. The molecule has 2 heterocycles. The summed E-state index contributed by atoms with van der Waals surface area (Å²) >= 11 is 0. The summed E-state index contributed by atoms with van der Waals surface area (Å²) in [5, 5.41) is 0. The fourth-order valence-electron chi connectivity index (χ4n) is 2.69. The van der Waals surface area contributed by atoms with Crippen LogP contribution in [0.2, 0.25) is 0 Å². The van der Waals surface area contributed by atoms with E-state index < -0.39 is 0 Å². The van der Waals surface area contributed by atoms with E-state index in [0.717, 1.165) is 35.0 Å². The first-order chi connectivity index (χ1) is 10.3. The van der Waals surface area contributed by atoms with Crippen molar-refractivity contribution < 1.29 is 4.79 Å². The number of carbonyl (C=O) groups excluding carboxylic acids is 1. The third-order valence-corrected chi connectivity index (χ3v) is 4.09. The third-order valence-electron chi connectivity index (χ3n) is 4.09. The molecule has 104 valence electrons.